The lowest BCUT2D eigenvalue weighted by atomic mass is 10.1. The molecule has 1 amide bonds. The van der Waals surface area contributed by atoms with Crippen LogP contribution in [0.5, 0.6) is 0 Å². The molecule has 7 heteroatoms. The molecule has 0 unspecified atom stereocenters. The van der Waals surface area contributed by atoms with E-state index in [1.165, 1.54) is 30.6 Å². The number of aromatic nitrogens is 2. The van der Waals surface area contributed by atoms with E-state index in [1.54, 1.807) is 24.3 Å². The number of halogens is 1. The minimum absolute atomic E-state index is 0.219. The van der Waals surface area contributed by atoms with Crippen LogP contribution >= 0.6 is 22.9 Å². The number of amides is 1. The molecule has 5 nitrogen and oxygen atoms in total. The molecule has 1 aliphatic rings. The first kappa shape index (κ1) is 15.4. The third kappa shape index (κ3) is 4.03. The normalized spacial score (nSPS) is 15.7. The number of benzene rings is 1. The third-order valence-electron chi connectivity index (χ3n) is 3.58. The Morgan fingerprint density at radius 3 is 2.86 bits per heavy atom. The van der Waals surface area contributed by atoms with Gasteiger partial charge in [-0.15, -0.1) is 10.2 Å². The molecule has 0 aliphatic carbocycles. The van der Waals surface area contributed by atoms with Gasteiger partial charge in [-0.05, 0) is 44.1 Å². The molecule has 1 aromatic heterocycles. The molecule has 1 saturated heterocycles. The maximum absolute atomic E-state index is 12.1. The minimum atomic E-state index is -0.219. The first-order valence-corrected chi connectivity index (χ1v) is 8.52. The summed E-state index contributed by atoms with van der Waals surface area (Å²) < 4.78 is 0. The summed E-state index contributed by atoms with van der Waals surface area (Å²) in [6.45, 7) is 3.04. The number of hydrogen-bond acceptors (Lipinski definition) is 5. The maximum atomic E-state index is 12.1. The van der Waals surface area contributed by atoms with Crippen molar-refractivity contribution in [2.45, 2.75) is 25.8 Å². The summed E-state index contributed by atoms with van der Waals surface area (Å²) in [6, 6.07) is 6.84. The van der Waals surface area contributed by atoms with E-state index in [-0.39, 0.29) is 5.91 Å². The fourth-order valence-corrected chi connectivity index (χ4v) is 3.44. The zero-order chi connectivity index (χ0) is 15.4. The Hall–Kier alpha value is -1.50. The van der Waals surface area contributed by atoms with Crippen LogP contribution in [-0.4, -0.2) is 34.1 Å². The van der Waals surface area contributed by atoms with E-state index in [1.807, 2.05) is 0 Å². The van der Waals surface area contributed by atoms with E-state index in [0.717, 1.165) is 24.6 Å². The summed E-state index contributed by atoms with van der Waals surface area (Å²) in [5.41, 5.74) is 0.514. The summed E-state index contributed by atoms with van der Waals surface area (Å²) in [5.74, 6) is -0.219. The van der Waals surface area contributed by atoms with Gasteiger partial charge in [0.15, 0.2) is 0 Å². The SMILES string of the molecule is O=C(Nc1nnc(CN2CCCCC2)s1)c1cccc(Cl)c1. The highest BCUT2D eigenvalue weighted by Gasteiger charge is 2.14. The number of piperidine rings is 1. The van der Waals surface area contributed by atoms with Gasteiger partial charge in [0.25, 0.3) is 5.91 Å². The molecule has 2 aromatic rings. The van der Waals surface area contributed by atoms with Gasteiger partial charge >= 0.3 is 0 Å². The predicted molar refractivity (Wildman–Crippen MR) is 88.4 cm³/mol. The van der Waals surface area contributed by atoms with Crippen LogP contribution in [0.4, 0.5) is 5.13 Å². The second kappa shape index (κ2) is 7.17. The van der Waals surface area contributed by atoms with Crippen LogP contribution in [0.1, 0.15) is 34.6 Å². The molecule has 1 aromatic carbocycles. The van der Waals surface area contributed by atoms with Gasteiger partial charge in [0.05, 0.1) is 6.54 Å². The molecular weight excluding hydrogens is 320 g/mol. The Labute approximate surface area is 138 Å². The van der Waals surface area contributed by atoms with Crippen molar-refractivity contribution in [2.24, 2.45) is 0 Å². The molecule has 1 fully saturated rings. The number of likely N-dealkylation sites (tertiary alicyclic amines) is 1. The summed E-state index contributed by atoms with van der Waals surface area (Å²) in [4.78, 5) is 14.5. The van der Waals surface area contributed by atoms with Crippen LogP contribution < -0.4 is 5.32 Å². The van der Waals surface area contributed by atoms with Crippen molar-refractivity contribution in [3.63, 3.8) is 0 Å². The van der Waals surface area contributed by atoms with Crippen LogP contribution in [0.3, 0.4) is 0 Å². The first-order chi connectivity index (χ1) is 10.7. The van der Waals surface area contributed by atoms with Gasteiger partial charge in [-0.3, -0.25) is 15.0 Å². The van der Waals surface area contributed by atoms with Crippen LogP contribution in [0.25, 0.3) is 0 Å². The molecule has 22 heavy (non-hydrogen) atoms. The Morgan fingerprint density at radius 1 is 1.27 bits per heavy atom. The quantitative estimate of drug-likeness (QED) is 0.929. The number of anilines is 1. The molecule has 0 bridgehead atoms. The monoisotopic (exact) mass is 336 g/mol. The number of nitrogens with one attached hydrogen (secondary N) is 1. The van der Waals surface area contributed by atoms with Crippen molar-refractivity contribution in [1.82, 2.24) is 15.1 Å². The van der Waals surface area contributed by atoms with Crippen LogP contribution in [0.15, 0.2) is 24.3 Å². The third-order valence-corrected chi connectivity index (χ3v) is 4.64. The predicted octanol–water partition coefficient (Wildman–Crippen LogP) is 3.43. The number of carbonyl (C=O) groups is 1. The highest BCUT2D eigenvalue weighted by Crippen LogP contribution is 2.20. The summed E-state index contributed by atoms with van der Waals surface area (Å²) in [6.07, 6.45) is 3.81. The maximum Gasteiger partial charge on any atom is 0.257 e. The van der Waals surface area contributed by atoms with Gasteiger partial charge < -0.3 is 0 Å². The van der Waals surface area contributed by atoms with Crippen molar-refractivity contribution >= 4 is 34.0 Å². The molecular formula is C15H17ClN4OS. The van der Waals surface area contributed by atoms with Gasteiger partial charge in [0.2, 0.25) is 5.13 Å². The summed E-state index contributed by atoms with van der Waals surface area (Å²) >= 11 is 7.32. The molecule has 1 N–H and O–H groups in total. The van der Waals surface area contributed by atoms with Crippen LogP contribution in [-0.2, 0) is 6.54 Å². The summed E-state index contributed by atoms with van der Waals surface area (Å²) in [5, 5.41) is 13.0. The van der Waals surface area contributed by atoms with Crippen molar-refractivity contribution in [1.29, 1.82) is 0 Å². The number of carbonyl (C=O) groups excluding carboxylic acids is 1. The molecule has 0 radical (unpaired) electrons. The lowest BCUT2D eigenvalue weighted by Crippen LogP contribution is -2.28. The van der Waals surface area contributed by atoms with Crippen molar-refractivity contribution < 1.29 is 4.79 Å². The van der Waals surface area contributed by atoms with Crippen LogP contribution in [0.2, 0.25) is 5.02 Å². The van der Waals surface area contributed by atoms with E-state index >= 15 is 0 Å². The highest BCUT2D eigenvalue weighted by molar-refractivity contribution is 7.15. The van der Waals surface area contributed by atoms with Crippen LogP contribution in [0, 0.1) is 0 Å². The standard InChI is InChI=1S/C15H17ClN4OS/c16-12-6-4-5-11(9-12)14(21)17-15-19-18-13(22-15)10-20-7-2-1-3-8-20/h4-6,9H,1-3,7-8,10H2,(H,17,19,21). The number of hydrogen-bond donors (Lipinski definition) is 1. The lowest BCUT2D eigenvalue weighted by molar-refractivity contribution is 0.102. The van der Waals surface area contributed by atoms with E-state index < -0.39 is 0 Å². The minimum Gasteiger partial charge on any atom is -0.297 e. The Morgan fingerprint density at radius 2 is 2.09 bits per heavy atom. The fraction of sp³-hybridized carbons (Fsp3) is 0.400. The number of rotatable bonds is 4. The van der Waals surface area contributed by atoms with Crippen molar-refractivity contribution in [3.05, 3.63) is 39.9 Å². The van der Waals surface area contributed by atoms with Gasteiger partial charge in [0.1, 0.15) is 5.01 Å². The lowest BCUT2D eigenvalue weighted by Gasteiger charge is -2.24. The zero-order valence-corrected chi connectivity index (χ0v) is 13.7. The molecule has 116 valence electrons. The topological polar surface area (TPSA) is 58.1 Å². The second-order valence-corrected chi connectivity index (χ2v) is 6.80. The largest absolute Gasteiger partial charge is 0.297 e. The van der Waals surface area contributed by atoms with Gasteiger partial charge in [-0.1, -0.05) is 35.4 Å². The van der Waals surface area contributed by atoms with Crippen molar-refractivity contribution in [3.8, 4) is 0 Å². The van der Waals surface area contributed by atoms with E-state index in [2.05, 4.69) is 20.4 Å². The Bertz CT molecular complexity index is 654. The Balaban J connectivity index is 1.60. The zero-order valence-electron chi connectivity index (χ0n) is 12.1. The average molecular weight is 337 g/mol. The number of nitrogens with zero attached hydrogens (tertiary/aromatic N) is 3. The highest BCUT2D eigenvalue weighted by atomic mass is 35.5. The van der Waals surface area contributed by atoms with Gasteiger partial charge in [-0.2, -0.15) is 0 Å². The van der Waals surface area contributed by atoms with Gasteiger partial charge in [-0.25, -0.2) is 0 Å². The smallest absolute Gasteiger partial charge is 0.257 e. The first-order valence-electron chi connectivity index (χ1n) is 7.32. The van der Waals surface area contributed by atoms with E-state index in [0.29, 0.717) is 15.7 Å². The molecule has 0 spiro atoms. The molecule has 0 atom stereocenters. The van der Waals surface area contributed by atoms with Crippen molar-refractivity contribution in [2.75, 3.05) is 18.4 Å². The van der Waals surface area contributed by atoms with Gasteiger partial charge in [0, 0.05) is 10.6 Å². The molecule has 0 saturated carbocycles. The Kier molecular flexibility index (Phi) is 5.02. The van der Waals surface area contributed by atoms with E-state index in [4.69, 9.17) is 11.6 Å². The molecule has 2 heterocycles. The average Bonchev–Trinajstić information content (AvgIpc) is 2.95. The van der Waals surface area contributed by atoms with E-state index in [9.17, 15) is 4.79 Å². The second-order valence-electron chi connectivity index (χ2n) is 5.30. The molecule has 3 rings (SSSR count). The molecule has 1 aliphatic heterocycles. The fourth-order valence-electron chi connectivity index (χ4n) is 2.48. The summed E-state index contributed by atoms with van der Waals surface area (Å²) in [7, 11) is 0.